The SMILES string of the molecule is CC[C@@H](NC(=O)c1cc(C(C)C)nn1C)c1cnn(C)c1. The lowest BCUT2D eigenvalue weighted by molar-refractivity contribution is 0.0926. The van der Waals surface area contributed by atoms with Gasteiger partial charge in [0.1, 0.15) is 5.69 Å². The highest BCUT2D eigenvalue weighted by Crippen LogP contribution is 2.18. The van der Waals surface area contributed by atoms with Gasteiger partial charge in [-0.1, -0.05) is 20.8 Å². The molecule has 0 aliphatic rings. The molecule has 114 valence electrons. The van der Waals surface area contributed by atoms with E-state index in [1.54, 1.807) is 22.6 Å². The lowest BCUT2D eigenvalue weighted by Crippen LogP contribution is -2.29. The summed E-state index contributed by atoms with van der Waals surface area (Å²) in [5.74, 6) is 0.200. The summed E-state index contributed by atoms with van der Waals surface area (Å²) >= 11 is 0. The van der Waals surface area contributed by atoms with Crippen LogP contribution in [0.4, 0.5) is 0 Å². The Kier molecular flexibility index (Phi) is 4.45. The van der Waals surface area contributed by atoms with Crippen LogP contribution in [0, 0.1) is 0 Å². The Labute approximate surface area is 125 Å². The molecule has 2 rings (SSSR count). The topological polar surface area (TPSA) is 64.7 Å². The van der Waals surface area contributed by atoms with Crippen molar-refractivity contribution in [3.05, 3.63) is 35.4 Å². The molecule has 0 radical (unpaired) electrons. The van der Waals surface area contributed by atoms with Gasteiger partial charge in [0, 0.05) is 25.9 Å². The van der Waals surface area contributed by atoms with Gasteiger partial charge < -0.3 is 5.32 Å². The van der Waals surface area contributed by atoms with E-state index in [4.69, 9.17) is 0 Å². The van der Waals surface area contributed by atoms with Gasteiger partial charge in [-0.05, 0) is 18.4 Å². The van der Waals surface area contributed by atoms with Crippen molar-refractivity contribution in [3.63, 3.8) is 0 Å². The van der Waals surface area contributed by atoms with Crippen LogP contribution in [-0.4, -0.2) is 25.5 Å². The molecule has 2 aromatic rings. The number of nitrogens with one attached hydrogen (secondary N) is 1. The molecule has 1 amide bonds. The second-order valence-corrected chi connectivity index (χ2v) is 5.61. The van der Waals surface area contributed by atoms with Crippen LogP contribution in [0.5, 0.6) is 0 Å². The second-order valence-electron chi connectivity index (χ2n) is 5.61. The standard InChI is InChI=1S/C15H23N5O/c1-6-12(11-8-16-19(4)9-11)17-15(21)14-7-13(10(2)3)18-20(14)5/h7-10,12H,6H2,1-5H3,(H,17,21)/t12-/m1/s1. The number of aromatic nitrogens is 4. The molecule has 21 heavy (non-hydrogen) atoms. The predicted octanol–water partition coefficient (Wildman–Crippen LogP) is 2.16. The number of carbonyl (C=O) groups excluding carboxylic acids is 1. The first-order valence-electron chi connectivity index (χ1n) is 7.25. The van der Waals surface area contributed by atoms with Gasteiger partial charge >= 0.3 is 0 Å². The lowest BCUT2D eigenvalue weighted by atomic mass is 10.1. The Morgan fingerprint density at radius 1 is 1.38 bits per heavy atom. The monoisotopic (exact) mass is 289 g/mol. The van der Waals surface area contributed by atoms with Crippen molar-refractivity contribution in [1.82, 2.24) is 24.9 Å². The smallest absolute Gasteiger partial charge is 0.270 e. The van der Waals surface area contributed by atoms with Crippen LogP contribution in [0.15, 0.2) is 18.5 Å². The molecule has 6 heteroatoms. The van der Waals surface area contributed by atoms with Crippen molar-refractivity contribution in [1.29, 1.82) is 0 Å². The highest BCUT2D eigenvalue weighted by atomic mass is 16.2. The van der Waals surface area contributed by atoms with Gasteiger partial charge in [-0.2, -0.15) is 10.2 Å². The van der Waals surface area contributed by atoms with Crippen molar-refractivity contribution in [2.24, 2.45) is 14.1 Å². The van der Waals surface area contributed by atoms with Crippen LogP contribution < -0.4 is 5.32 Å². The van der Waals surface area contributed by atoms with Crippen molar-refractivity contribution in [2.45, 2.75) is 39.2 Å². The molecule has 2 heterocycles. The van der Waals surface area contributed by atoms with Gasteiger partial charge in [-0.15, -0.1) is 0 Å². The van der Waals surface area contributed by atoms with Crippen LogP contribution in [0.25, 0.3) is 0 Å². The number of nitrogens with zero attached hydrogens (tertiary/aromatic N) is 4. The van der Waals surface area contributed by atoms with E-state index >= 15 is 0 Å². The number of hydrogen-bond donors (Lipinski definition) is 1. The Balaban J connectivity index is 2.16. The average molecular weight is 289 g/mol. The summed E-state index contributed by atoms with van der Waals surface area (Å²) < 4.78 is 3.38. The molecule has 0 fully saturated rings. The van der Waals surface area contributed by atoms with Crippen LogP contribution in [0.1, 0.15) is 60.9 Å². The van der Waals surface area contributed by atoms with Gasteiger partial charge in [-0.25, -0.2) is 0 Å². The van der Waals surface area contributed by atoms with Gasteiger partial charge in [0.2, 0.25) is 0 Å². The van der Waals surface area contributed by atoms with E-state index in [9.17, 15) is 4.79 Å². The van der Waals surface area contributed by atoms with Crippen LogP contribution in [0.3, 0.4) is 0 Å². The summed E-state index contributed by atoms with van der Waals surface area (Å²) in [5.41, 5.74) is 2.53. The summed E-state index contributed by atoms with van der Waals surface area (Å²) in [7, 11) is 3.67. The van der Waals surface area contributed by atoms with Crippen molar-refractivity contribution < 1.29 is 4.79 Å². The molecule has 1 N–H and O–H groups in total. The molecule has 0 aliphatic heterocycles. The largest absolute Gasteiger partial charge is 0.344 e. The maximum absolute atomic E-state index is 12.5. The van der Waals surface area contributed by atoms with Gasteiger partial charge in [-0.3, -0.25) is 14.2 Å². The molecule has 0 spiro atoms. The molecule has 6 nitrogen and oxygen atoms in total. The minimum absolute atomic E-state index is 0.0383. The van der Waals surface area contributed by atoms with Crippen LogP contribution in [-0.2, 0) is 14.1 Å². The minimum atomic E-state index is -0.104. The second kappa shape index (κ2) is 6.11. The molecular formula is C15H23N5O. The molecule has 0 aromatic carbocycles. The predicted molar refractivity (Wildman–Crippen MR) is 81.0 cm³/mol. The van der Waals surface area contributed by atoms with E-state index in [-0.39, 0.29) is 11.9 Å². The van der Waals surface area contributed by atoms with Gasteiger partial charge in [0.05, 0.1) is 17.9 Å². The number of rotatable bonds is 5. The molecule has 2 aromatic heterocycles. The fraction of sp³-hybridized carbons (Fsp3) is 0.533. The van der Waals surface area contributed by atoms with E-state index in [1.165, 1.54) is 0 Å². The van der Waals surface area contributed by atoms with Gasteiger partial charge in [0.25, 0.3) is 5.91 Å². The van der Waals surface area contributed by atoms with E-state index in [1.807, 2.05) is 26.2 Å². The normalized spacial score (nSPS) is 12.7. The first-order chi connectivity index (χ1) is 9.92. The molecule has 0 saturated carbocycles. The Hall–Kier alpha value is -2.11. The Morgan fingerprint density at radius 2 is 2.10 bits per heavy atom. The molecule has 0 unspecified atom stereocenters. The molecule has 0 saturated heterocycles. The average Bonchev–Trinajstić information content (AvgIpc) is 3.02. The first-order valence-corrected chi connectivity index (χ1v) is 7.25. The van der Waals surface area contributed by atoms with Gasteiger partial charge in [0.15, 0.2) is 0 Å². The number of carbonyl (C=O) groups is 1. The summed E-state index contributed by atoms with van der Waals surface area (Å²) in [6, 6.07) is 1.82. The van der Waals surface area contributed by atoms with E-state index < -0.39 is 0 Å². The van der Waals surface area contributed by atoms with E-state index in [0.717, 1.165) is 17.7 Å². The molecule has 1 atom stereocenters. The highest BCUT2D eigenvalue weighted by Gasteiger charge is 2.19. The fourth-order valence-corrected chi connectivity index (χ4v) is 2.26. The summed E-state index contributed by atoms with van der Waals surface area (Å²) in [5, 5.41) is 11.6. The van der Waals surface area contributed by atoms with E-state index in [2.05, 4.69) is 29.4 Å². The number of amides is 1. The van der Waals surface area contributed by atoms with Crippen molar-refractivity contribution in [3.8, 4) is 0 Å². The number of aryl methyl sites for hydroxylation is 2. The van der Waals surface area contributed by atoms with E-state index in [0.29, 0.717) is 11.6 Å². The lowest BCUT2D eigenvalue weighted by Gasteiger charge is -2.15. The summed E-state index contributed by atoms with van der Waals surface area (Å²) in [4.78, 5) is 12.5. The molecule has 0 bridgehead atoms. The zero-order valence-electron chi connectivity index (χ0n) is 13.3. The minimum Gasteiger partial charge on any atom is -0.344 e. The highest BCUT2D eigenvalue weighted by molar-refractivity contribution is 5.93. The molecule has 0 aliphatic carbocycles. The van der Waals surface area contributed by atoms with Crippen LogP contribution >= 0.6 is 0 Å². The maximum atomic E-state index is 12.5. The Bertz CT molecular complexity index is 626. The van der Waals surface area contributed by atoms with Crippen molar-refractivity contribution in [2.75, 3.05) is 0 Å². The third kappa shape index (κ3) is 3.32. The zero-order chi connectivity index (χ0) is 15.6. The third-order valence-corrected chi connectivity index (χ3v) is 3.56. The zero-order valence-corrected chi connectivity index (χ0v) is 13.3. The van der Waals surface area contributed by atoms with Crippen molar-refractivity contribution >= 4 is 5.91 Å². The maximum Gasteiger partial charge on any atom is 0.270 e. The van der Waals surface area contributed by atoms with Crippen LogP contribution in [0.2, 0.25) is 0 Å². The quantitative estimate of drug-likeness (QED) is 0.917. The number of hydrogen-bond acceptors (Lipinski definition) is 3. The fourth-order valence-electron chi connectivity index (χ4n) is 2.26. The Morgan fingerprint density at radius 3 is 2.57 bits per heavy atom. The summed E-state index contributed by atoms with van der Waals surface area (Å²) in [6.45, 7) is 6.17. The first kappa shape index (κ1) is 15.3. The summed E-state index contributed by atoms with van der Waals surface area (Å²) in [6.07, 6.45) is 4.53. The molecular weight excluding hydrogens is 266 g/mol. The third-order valence-electron chi connectivity index (χ3n) is 3.56.